The van der Waals surface area contributed by atoms with Crippen LogP contribution in [0.15, 0.2) is 79.5 Å². The third-order valence-electron chi connectivity index (χ3n) is 4.64. The van der Waals surface area contributed by atoms with Crippen molar-refractivity contribution in [3.05, 3.63) is 90.1 Å². The van der Waals surface area contributed by atoms with Gasteiger partial charge in [-0.3, -0.25) is 4.79 Å². The number of rotatable bonds is 8. The molecule has 2 N–H and O–H groups in total. The zero-order valence-electron chi connectivity index (χ0n) is 16.7. The van der Waals surface area contributed by atoms with Crippen LogP contribution in [0.5, 0.6) is 0 Å². The van der Waals surface area contributed by atoms with Gasteiger partial charge in [-0.2, -0.15) is 0 Å². The highest BCUT2D eigenvalue weighted by molar-refractivity contribution is 6.30. The standard InChI is InChI=1S/C23H21ClN6O/c24-19-6-2-17(3-7-19)21-10-12-27-23(29-21)28-20-8-4-18(5-9-20)22(31)26-11-1-14-30-15-13-25-16-30/h2-10,12-13,15-16H,1,11,14H2,(H,26,31)(H,27,28,29). The Bertz CT molecular complexity index is 1130. The molecule has 8 heteroatoms. The van der Waals surface area contributed by atoms with Crippen LogP contribution in [0.4, 0.5) is 11.6 Å². The number of hydrogen-bond donors (Lipinski definition) is 2. The third-order valence-corrected chi connectivity index (χ3v) is 4.89. The molecule has 0 aliphatic rings. The SMILES string of the molecule is O=C(NCCCn1ccnc1)c1ccc(Nc2nccc(-c3ccc(Cl)cc3)n2)cc1. The summed E-state index contributed by atoms with van der Waals surface area (Å²) in [5, 5.41) is 6.78. The first kappa shape index (κ1) is 20.6. The van der Waals surface area contributed by atoms with Crippen LogP contribution in [-0.4, -0.2) is 32.0 Å². The van der Waals surface area contributed by atoms with E-state index in [1.165, 1.54) is 0 Å². The number of aromatic nitrogens is 4. The van der Waals surface area contributed by atoms with Gasteiger partial charge in [0.05, 0.1) is 12.0 Å². The number of anilines is 2. The molecule has 156 valence electrons. The zero-order valence-corrected chi connectivity index (χ0v) is 17.5. The summed E-state index contributed by atoms with van der Waals surface area (Å²) in [5.41, 5.74) is 3.14. The minimum atomic E-state index is -0.0989. The Balaban J connectivity index is 1.32. The Kier molecular flexibility index (Phi) is 6.54. The Hall–Kier alpha value is -3.71. The van der Waals surface area contributed by atoms with Crippen LogP contribution >= 0.6 is 11.6 Å². The van der Waals surface area contributed by atoms with Gasteiger partial charge >= 0.3 is 0 Å². The lowest BCUT2D eigenvalue weighted by Crippen LogP contribution is -2.25. The van der Waals surface area contributed by atoms with Crippen LogP contribution in [-0.2, 0) is 6.54 Å². The molecule has 0 atom stereocenters. The van der Waals surface area contributed by atoms with Crippen LogP contribution in [0.3, 0.4) is 0 Å². The molecule has 0 fully saturated rings. The summed E-state index contributed by atoms with van der Waals surface area (Å²) in [6, 6.07) is 16.5. The van der Waals surface area contributed by atoms with Gasteiger partial charge in [0.2, 0.25) is 5.95 Å². The molecule has 7 nitrogen and oxygen atoms in total. The van der Waals surface area contributed by atoms with Gasteiger partial charge in [-0.1, -0.05) is 23.7 Å². The molecule has 1 amide bonds. The maximum Gasteiger partial charge on any atom is 0.251 e. The van der Waals surface area contributed by atoms with Crippen molar-refractivity contribution in [1.29, 1.82) is 0 Å². The lowest BCUT2D eigenvalue weighted by Gasteiger charge is -2.09. The second-order valence-electron chi connectivity index (χ2n) is 6.88. The zero-order chi connectivity index (χ0) is 21.5. The summed E-state index contributed by atoms with van der Waals surface area (Å²) in [7, 11) is 0. The molecule has 2 heterocycles. The van der Waals surface area contributed by atoms with E-state index in [4.69, 9.17) is 11.6 Å². The first-order valence-corrected chi connectivity index (χ1v) is 10.3. The summed E-state index contributed by atoms with van der Waals surface area (Å²) in [5.74, 6) is 0.377. The molecule has 0 unspecified atom stereocenters. The number of amides is 1. The maximum atomic E-state index is 12.3. The second-order valence-corrected chi connectivity index (χ2v) is 7.32. The molecule has 4 rings (SSSR count). The minimum absolute atomic E-state index is 0.0989. The van der Waals surface area contributed by atoms with E-state index in [0.29, 0.717) is 23.1 Å². The monoisotopic (exact) mass is 432 g/mol. The number of imidazole rings is 1. The highest BCUT2D eigenvalue weighted by Crippen LogP contribution is 2.21. The summed E-state index contributed by atoms with van der Waals surface area (Å²) in [4.78, 5) is 25.1. The summed E-state index contributed by atoms with van der Waals surface area (Å²) < 4.78 is 1.98. The lowest BCUT2D eigenvalue weighted by atomic mass is 10.1. The van der Waals surface area contributed by atoms with Crippen LogP contribution in [0.1, 0.15) is 16.8 Å². The van der Waals surface area contributed by atoms with Crippen LogP contribution in [0.2, 0.25) is 5.02 Å². The minimum Gasteiger partial charge on any atom is -0.352 e. The topological polar surface area (TPSA) is 84.7 Å². The van der Waals surface area contributed by atoms with E-state index in [-0.39, 0.29) is 5.91 Å². The van der Waals surface area contributed by atoms with Crippen molar-refractivity contribution >= 4 is 29.1 Å². The molecule has 0 spiro atoms. The van der Waals surface area contributed by atoms with E-state index in [1.54, 1.807) is 30.9 Å². The number of halogens is 1. The average Bonchev–Trinajstić information content (AvgIpc) is 3.31. The third kappa shape index (κ3) is 5.67. The fourth-order valence-electron chi connectivity index (χ4n) is 3.02. The number of nitrogens with zero attached hydrogens (tertiary/aromatic N) is 4. The van der Waals surface area contributed by atoms with Crippen LogP contribution in [0.25, 0.3) is 11.3 Å². The maximum absolute atomic E-state index is 12.3. The van der Waals surface area contributed by atoms with E-state index in [1.807, 2.05) is 53.2 Å². The molecular weight excluding hydrogens is 412 g/mol. The van der Waals surface area contributed by atoms with Crippen molar-refractivity contribution in [3.63, 3.8) is 0 Å². The lowest BCUT2D eigenvalue weighted by molar-refractivity contribution is 0.0953. The van der Waals surface area contributed by atoms with Gasteiger partial charge in [0.25, 0.3) is 5.91 Å². The van der Waals surface area contributed by atoms with Gasteiger partial charge in [0, 0.05) is 53.5 Å². The molecule has 0 radical (unpaired) electrons. The molecule has 2 aromatic carbocycles. The van der Waals surface area contributed by atoms with Gasteiger partial charge in [-0.15, -0.1) is 0 Å². The molecular formula is C23H21ClN6O. The molecule has 4 aromatic rings. The number of hydrogen-bond acceptors (Lipinski definition) is 5. The summed E-state index contributed by atoms with van der Waals surface area (Å²) in [6.45, 7) is 1.42. The normalized spacial score (nSPS) is 10.6. The van der Waals surface area contributed by atoms with Crippen molar-refractivity contribution in [2.24, 2.45) is 0 Å². The predicted octanol–water partition coefficient (Wildman–Crippen LogP) is 4.56. The first-order valence-electron chi connectivity index (χ1n) is 9.87. The fraction of sp³-hybridized carbons (Fsp3) is 0.130. The predicted molar refractivity (Wildman–Crippen MR) is 121 cm³/mol. The molecule has 31 heavy (non-hydrogen) atoms. The van der Waals surface area contributed by atoms with Crippen molar-refractivity contribution in [2.45, 2.75) is 13.0 Å². The highest BCUT2D eigenvalue weighted by Gasteiger charge is 2.06. The fourth-order valence-corrected chi connectivity index (χ4v) is 3.14. The van der Waals surface area contributed by atoms with Crippen molar-refractivity contribution < 1.29 is 4.79 Å². The largest absolute Gasteiger partial charge is 0.352 e. The van der Waals surface area contributed by atoms with Gasteiger partial charge < -0.3 is 15.2 Å². The van der Waals surface area contributed by atoms with Gasteiger partial charge in [0.15, 0.2) is 0 Å². The van der Waals surface area contributed by atoms with Gasteiger partial charge in [-0.25, -0.2) is 15.0 Å². The van der Waals surface area contributed by atoms with Crippen molar-refractivity contribution in [1.82, 2.24) is 24.8 Å². The van der Waals surface area contributed by atoms with Crippen LogP contribution < -0.4 is 10.6 Å². The molecule has 0 saturated carbocycles. The first-order chi connectivity index (χ1) is 15.2. The van der Waals surface area contributed by atoms with E-state index in [9.17, 15) is 4.79 Å². The molecule has 0 aliphatic heterocycles. The number of benzene rings is 2. The van der Waals surface area contributed by atoms with Crippen molar-refractivity contribution in [2.75, 3.05) is 11.9 Å². The second kappa shape index (κ2) is 9.86. The van der Waals surface area contributed by atoms with E-state index >= 15 is 0 Å². The number of nitrogens with one attached hydrogen (secondary N) is 2. The Morgan fingerprint density at radius 2 is 1.81 bits per heavy atom. The average molecular weight is 433 g/mol. The molecule has 0 bridgehead atoms. The highest BCUT2D eigenvalue weighted by atomic mass is 35.5. The number of carbonyl (C=O) groups excluding carboxylic acids is 1. The Morgan fingerprint density at radius 3 is 2.55 bits per heavy atom. The smallest absolute Gasteiger partial charge is 0.251 e. The number of aryl methyl sites for hydroxylation is 1. The van der Waals surface area contributed by atoms with Gasteiger partial charge in [-0.05, 0) is 48.9 Å². The van der Waals surface area contributed by atoms with Crippen molar-refractivity contribution in [3.8, 4) is 11.3 Å². The van der Waals surface area contributed by atoms with E-state index in [2.05, 4.69) is 25.6 Å². The van der Waals surface area contributed by atoms with E-state index in [0.717, 1.165) is 29.9 Å². The van der Waals surface area contributed by atoms with E-state index < -0.39 is 0 Å². The molecule has 0 aliphatic carbocycles. The quantitative estimate of drug-likeness (QED) is 0.399. The summed E-state index contributed by atoms with van der Waals surface area (Å²) >= 11 is 5.95. The Morgan fingerprint density at radius 1 is 1.00 bits per heavy atom. The summed E-state index contributed by atoms with van der Waals surface area (Å²) in [6.07, 6.45) is 7.95. The van der Waals surface area contributed by atoms with Gasteiger partial charge in [0.1, 0.15) is 0 Å². The van der Waals surface area contributed by atoms with Crippen LogP contribution in [0, 0.1) is 0 Å². The molecule has 2 aromatic heterocycles. The molecule has 0 saturated heterocycles. The Labute approximate surface area is 185 Å². The number of carbonyl (C=O) groups is 1.